The smallest absolute Gasteiger partial charge is 0.416 e. The number of hydrogen-bond donors (Lipinski definition) is 1. The number of rotatable bonds is 3. The number of halogens is 4. The first kappa shape index (κ1) is 21.2. The van der Waals surface area contributed by atoms with Crippen LogP contribution in [0.25, 0.3) is 0 Å². The second-order valence-electron chi connectivity index (χ2n) is 9.45. The number of alkyl halides is 3. The van der Waals surface area contributed by atoms with Crippen LogP contribution in [0.15, 0.2) is 42.5 Å². The van der Waals surface area contributed by atoms with E-state index < -0.39 is 23.5 Å². The molecule has 1 saturated carbocycles. The minimum absolute atomic E-state index is 0.0234. The average Bonchev–Trinajstić information content (AvgIpc) is 3.16. The van der Waals surface area contributed by atoms with E-state index >= 15 is 0 Å². The molecule has 0 bridgehead atoms. The molecule has 3 fully saturated rings. The molecule has 0 unspecified atom stereocenters. The van der Waals surface area contributed by atoms with Crippen molar-refractivity contribution < 1.29 is 27.5 Å². The lowest BCUT2D eigenvalue weighted by molar-refractivity contribution is -0.138. The predicted molar refractivity (Wildman–Crippen MR) is 110 cm³/mol. The van der Waals surface area contributed by atoms with Crippen LogP contribution in [0.5, 0.6) is 5.75 Å². The molecule has 0 radical (unpaired) electrons. The number of nitrogens with zero attached hydrogens (tertiary/aromatic N) is 2. The van der Waals surface area contributed by atoms with Crippen molar-refractivity contribution in [1.82, 2.24) is 9.80 Å². The Morgan fingerprint density at radius 3 is 2.53 bits per heavy atom. The van der Waals surface area contributed by atoms with Crippen molar-refractivity contribution in [1.29, 1.82) is 0 Å². The predicted octanol–water partition coefficient (Wildman–Crippen LogP) is 4.64. The number of aromatic hydroxyl groups is 1. The summed E-state index contributed by atoms with van der Waals surface area (Å²) < 4.78 is 54.1. The topological polar surface area (TPSA) is 43.8 Å². The molecular formula is C24H24F4N2O2. The van der Waals surface area contributed by atoms with Crippen molar-refractivity contribution in [3.8, 4) is 5.75 Å². The Balaban J connectivity index is 1.17. The fourth-order valence-corrected chi connectivity index (χ4v) is 5.69. The van der Waals surface area contributed by atoms with E-state index in [4.69, 9.17) is 0 Å². The zero-order valence-electron chi connectivity index (χ0n) is 17.4. The van der Waals surface area contributed by atoms with Crippen LogP contribution in [0.3, 0.4) is 0 Å². The summed E-state index contributed by atoms with van der Waals surface area (Å²) in [5.74, 6) is -1.35. The van der Waals surface area contributed by atoms with E-state index in [1.807, 2.05) is 0 Å². The van der Waals surface area contributed by atoms with Gasteiger partial charge in [0.25, 0.3) is 5.91 Å². The maximum atomic E-state index is 13.9. The summed E-state index contributed by atoms with van der Waals surface area (Å²) in [4.78, 5) is 16.4. The summed E-state index contributed by atoms with van der Waals surface area (Å²) >= 11 is 0. The highest BCUT2D eigenvalue weighted by molar-refractivity contribution is 5.95. The number of carbonyl (C=O) groups excluding carboxylic acids is 1. The highest BCUT2D eigenvalue weighted by Crippen LogP contribution is 2.52. The van der Waals surface area contributed by atoms with Gasteiger partial charge in [0.15, 0.2) is 0 Å². The van der Waals surface area contributed by atoms with E-state index in [2.05, 4.69) is 4.90 Å². The molecule has 5 rings (SSSR count). The van der Waals surface area contributed by atoms with E-state index in [0.29, 0.717) is 37.7 Å². The summed E-state index contributed by atoms with van der Waals surface area (Å²) in [6, 6.07) is 9.60. The zero-order valence-corrected chi connectivity index (χ0v) is 17.4. The number of phenols is 1. The maximum Gasteiger partial charge on any atom is 0.416 e. The van der Waals surface area contributed by atoms with E-state index in [-0.39, 0.29) is 22.6 Å². The van der Waals surface area contributed by atoms with Crippen molar-refractivity contribution in [3.63, 3.8) is 0 Å². The molecule has 2 heterocycles. The van der Waals surface area contributed by atoms with E-state index in [9.17, 15) is 27.5 Å². The maximum absolute atomic E-state index is 13.9. The summed E-state index contributed by atoms with van der Waals surface area (Å²) in [6.07, 6.45) is -1.85. The number of amides is 1. The lowest BCUT2D eigenvalue weighted by Gasteiger charge is -2.60. The average molecular weight is 448 g/mol. The van der Waals surface area contributed by atoms with Gasteiger partial charge < -0.3 is 10.0 Å². The van der Waals surface area contributed by atoms with Gasteiger partial charge in [-0.2, -0.15) is 13.2 Å². The minimum Gasteiger partial charge on any atom is -0.508 e. The molecule has 1 aliphatic carbocycles. The molecule has 0 aromatic heterocycles. The summed E-state index contributed by atoms with van der Waals surface area (Å²) in [6.45, 7) is 2.48. The van der Waals surface area contributed by atoms with E-state index in [1.54, 1.807) is 17.0 Å². The molecule has 1 amide bonds. The number of carbonyl (C=O) groups is 1. The molecule has 4 nitrogen and oxygen atoms in total. The van der Waals surface area contributed by atoms with Crippen molar-refractivity contribution >= 4 is 5.91 Å². The summed E-state index contributed by atoms with van der Waals surface area (Å²) in [7, 11) is 0. The van der Waals surface area contributed by atoms with Gasteiger partial charge in [-0.1, -0.05) is 18.2 Å². The Bertz CT molecular complexity index is 1040. The lowest BCUT2D eigenvalue weighted by Crippen LogP contribution is -2.67. The monoisotopic (exact) mass is 448 g/mol. The van der Waals surface area contributed by atoms with Gasteiger partial charge in [0.05, 0.1) is 11.1 Å². The van der Waals surface area contributed by atoms with Gasteiger partial charge in [0.1, 0.15) is 11.6 Å². The van der Waals surface area contributed by atoms with E-state index in [0.717, 1.165) is 37.6 Å². The molecule has 1 spiro atoms. The van der Waals surface area contributed by atoms with Crippen LogP contribution in [0.4, 0.5) is 17.6 Å². The van der Waals surface area contributed by atoms with Gasteiger partial charge in [0.2, 0.25) is 0 Å². The molecule has 1 atom stereocenters. The first-order chi connectivity index (χ1) is 15.2. The first-order valence-corrected chi connectivity index (χ1v) is 10.8. The van der Waals surface area contributed by atoms with Crippen molar-refractivity contribution in [2.45, 2.75) is 37.4 Å². The van der Waals surface area contributed by atoms with Crippen molar-refractivity contribution in [3.05, 3.63) is 65.0 Å². The third kappa shape index (κ3) is 3.64. The molecule has 2 aromatic rings. The van der Waals surface area contributed by atoms with Crippen LogP contribution in [0, 0.1) is 11.2 Å². The Hall–Kier alpha value is -2.61. The number of likely N-dealkylation sites (tertiary alicyclic amines) is 2. The Kier molecular flexibility index (Phi) is 4.96. The molecule has 170 valence electrons. The molecule has 8 heteroatoms. The Labute approximate surface area is 183 Å². The fraction of sp³-hybridized carbons (Fsp3) is 0.458. The standard InChI is InChI=1S/C24H24F4N2O2/c25-21-6-5-17(31)9-19(21)22(32)30-13-23(14-30)10-16(11-23)29-8-7-15(12-29)18-3-1-2-4-20(18)24(26,27)28/h1-6,9,15-16,31H,7-8,10-14H2/t15-/m0/s1. The Morgan fingerprint density at radius 1 is 1.09 bits per heavy atom. The molecule has 3 aliphatic rings. The highest BCUT2D eigenvalue weighted by Gasteiger charge is 2.55. The normalized spacial score (nSPS) is 23.2. The number of hydrogen-bond acceptors (Lipinski definition) is 3. The van der Waals surface area contributed by atoms with Gasteiger partial charge in [-0.05, 0) is 61.6 Å². The molecular weight excluding hydrogens is 424 g/mol. The third-order valence-electron chi connectivity index (χ3n) is 7.30. The quantitative estimate of drug-likeness (QED) is 0.696. The second kappa shape index (κ2) is 7.47. The third-order valence-corrected chi connectivity index (χ3v) is 7.30. The van der Waals surface area contributed by atoms with Crippen LogP contribution < -0.4 is 0 Å². The summed E-state index contributed by atoms with van der Waals surface area (Å²) in [5.41, 5.74) is -0.258. The Morgan fingerprint density at radius 2 is 1.81 bits per heavy atom. The molecule has 32 heavy (non-hydrogen) atoms. The molecule has 2 saturated heterocycles. The molecule has 1 N–H and O–H groups in total. The van der Waals surface area contributed by atoms with Crippen molar-refractivity contribution in [2.24, 2.45) is 5.41 Å². The highest BCUT2D eigenvalue weighted by atomic mass is 19.4. The number of benzene rings is 2. The lowest BCUT2D eigenvalue weighted by atomic mass is 9.60. The number of phenolic OH excluding ortho intramolecular Hbond substituents is 1. The van der Waals surface area contributed by atoms with Gasteiger partial charge in [-0.25, -0.2) is 4.39 Å². The first-order valence-electron chi connectivity index (χ1n) is 10.8. The molecule has 2 aromatic carbocycles. The fourth-order valence-electron chi connectivity index (χ4n) is 5.69. The molecule has 2 aliphatic heterocycles. The van der Waals surface area contributed by atoms with Crippen LogP contribution in [0.1, 0.15) is 46.7 Å². The van der Waals surface area contributed by atoms with E-state index in [1.165, 1.54) is 12.1 Å². The van der Waals surface area contributed by atoms with Crippen LogP contribution >= 0.6 is 0 Å². The summed E-state index contributed by atoms with van der Waals surface area (Å²) in [5, 5.41) is 9.53. The SMILES string of the molecule is O=C(c1cc(O)ccc1F)N1CC2(CC(N3CC[C@H](c4ccccc4C(F)(F)F)C3)C2)C1. The minimum atomic E-state index is -4.35. The van der Waals surface area contributed by atoms with Crippen molar-refractivity contribution in [2.75, 3.05) is 26.2 Å². The zero-order chi connectivity index (χ0) is 22.7. The van der Waals surface area contributed by atoms with Gasteiger partial charge in [-0.15, -0.1) is 0 Å². The van der Waals surface area contributed by atoms with Gasteiger partial charge in [0, 0.05) is 31.1 Å². The van der Waals surface area contributed by atoms with Gasteiger partial charge >= 0.3 is 6.18 Å². The second-order valence-corrected chi connectivity index (χ2v) is 9.45. The van der Waals surface area contributed by atoms with Gasteiger partial charge in [-0.3, -0.25) is 9.69 Å². The van der Waals surface area contributed by atoms with Crippen LogP contribution in [-0.2, 0) is 6.18 Å². The van der Waals surface area contributed by atoms with Crippen LogP contribution in [-0.4, -0.2) is 53.0 Å². The van der Waals surface area contributed by atoms with Crippen LogP contribution in [0.2, 0.25) is 0 Å². The largest absolute Gasteiger partial charge is 0.508 e.